The highest BCUT2D eigenvalue weighted by atomic mass is 32.1. The third-order valence-corrected chi connectivity index (χ3v) is 5.52. The van der Waals surface area contributed by atoms with Crippen LogP contribution in [0, 0.1) is 6.92 Å². The molecule has 25 heavy (non-hydrogen) atoms. The highest BCUT2D eigenvalue weighted by molar-refractivity contribution is 7.19. The van der Waals surface area contributed by atoms with E-state index in [1.165, 1.54) is 16.9 Å². The molecule has 3 aromatic rings. The Kier molecular flexibility index (Phi) is 4.67. The first kappa shape index (κ1) is 17.6. The normalized spacial score (nSPS) is 13.2. The maximum atomic E-state index is 12.4. The molecule has 0 aliphatic heterocycles. The number of hydrogen-bond donors (Lipinski definition) is 2. The standard InChI is InChI=1S/C19H23N3O2S/c1-12-17(25-16-10-20-11-22(12)16)18(24)21-9-15(23)13-5-7-14(8-6-13)19(2,3)4/h5-8,10-11,15,23H,9H2,1-4H3,(H,21,24). The highest BCUT2D eigenvalue weighted by Crippen LogP contribution is 2.25. The quantitative estimate of drug-likeness (QED) is 0.751. The number of aliphatic hydroxyl groups is 1. The van der Waals surface area contributed by atoms with Gasteiger partial charge in [0, 0.05) is 12.2 Å². The number of thiazole rings is 1. The van der Waals surface area contributed by atoms with Gasteiger partial charge in [-0.05, 0) is 23.5 Å². The predicted octanol–water partition coefficient (Wildman–Crippen LogP) is 3.47. The van der Waals surface area contributed by atoms with E-state index >= 15 is 0 Å². The first-order valence-electron chi connectivity index (χ1n) is 8.25. The molecule has 0 bridgehead atoms. The molecule has 0 radical (unpaired) electrons. The van der Waals surface area contributed by atoms with Crippen LogP contribution in [0.2, 0.25) is 0 Å². The molecule has 2 aromatic heterocycles. The van der Waals surface area contributed by atoms with Crippen LogP contribution < -0.4 is 5.32 Å². The molecule has 6 heteroatoms. The van der Waals surface area contributed by atoms with Crippen molar-refractivity contribution < 1.29 is 9.90 Å². The summed E-state index contributed by atoms with van der Waals surface area (Å²) in [6, 6.07) is 7.90. The van der Waals surface area contributed by atoms with Crippen molar-refractivity contribution in [3.63, 3.8) is 0 Å². The van der Waals surface area contributed by atoms with Crippen molar-refractivity contribution in [2.45, 2.75) is 39.2 Å². The first-order valence-corrected chi connectivity index (χ1v) is 9.07. The van der Waals surface area contributed by atoms with Crippen LogP contribution in [-0.2, 0) is 5.41 Å². The zero-order valence-corrected chi connectivity index (χ0v) is 15.7. The lowest BCUT2D eigenvalue weighted by atomic mass is 9.86. The zero-order chi connectivity index (χ0) is 18.2. The van der Waals surface area contributed by atoms with Gasteiger partial charge >= 0.3 is 0 Å². The lowest BCUT2D eigenvalue weighted by molar-refractivity contribution is 0.0919. The number of nitrogens with one attached hydrogen (secondary N) is 1. The summed E-state index contributed by atoms with van der Waals surface area (Å²) < 4.78 is 1.89. The third kappa shape index (κ3) is 3.60. The summed E-state index contributed by atoms with van der Waals surface area (Å²) in [5.41, 5.74) is 2.95. The number of carbonyl (C=O) groups is 1. The highest BCUT2D eigenvalue weighted by Gasteiger charge is 2.18. The van der Waals surface area contributed by atoms with Gasteiger partial charge in [0.1, 0.15) is 16.0 Å². The van der Waals surface area contributed by atoms with E-state index in [0.29, 0.717) is 4.88 Å². The van der Waals surface area contributed by atoms with Gasteiger partial charge in [0.05, 0.1) is 12.3 Å². The average molecular weight is 357 g/mol. The van der Waals surface area contributed by atoms with Gasteiger partial charge in [0.2, 0.25) is 0 Å². The van der Waals surface area contributed by atoms with Crippen LogP contribution in [0.1, 0.15) is 53.4 Å². The van der Waals surface area contributed by atoms with E-state index in [-0.39, 0.29) is 17.9 Å². The molecule has 0 fully saturated rings. The van der Waals surface area contributed by atoms with Crippen molar-refractivity contribution in [3.05, 3.63) is 58.5 Å². The fraction of sp³-hybridized carbons (Fsp3) is 0.368. The van der Waals surface area contributed by atoms with Crippen molar-refractivity contribution in [2.24, 2.45) is 0 Å². The molecule has 0 saturated heterocycles. The Balaban J connectivity index is 1.65. The molecule has 1 amide bonds. The maximum Gasteiger partial charge on any atom is 0.263 e. The van der Waals surface area contributed by atoms with Crippen molar-refractivity contribution >= 4 is 22.1 Å². The van der Waals surface area contributed by atoms with E-state index in [0.717, 1.165) is 16.1 Å². The van der Waals surface area contributed by atoms with Crippen LogP contribution in [0.3, 0.4) is 0 Å². The lowest BCUT2D eigenvalue weighted by Gasteiger charge is -2.20. The number of fused-ring (bicyclic) bond motifs is 1. The molecular formula is C19H23N3O2S. The van der Waals surface area contributed by atoms with Gasteiger partial charge in [0.25, 0.3) is 5.91 Å². The molecule has 1 atom stereocenters. The van der Waals surface area contributed by atoms with E-state index in [1.807, 2.05) is 35.6 Å². The Morgan fingerprint density at radius 1 is 1.32 bits per heavy atom. The van der Waals surface area contributed by atoms with Crippen molar-refractivity contribution in [1.82, 2.24) is 14.7 Å². The molecule has 0 aliphatic rings. The van der Waals surface area contributed by atoms with Gasteiger partial charge in [-0.2, -0.15) is 0 Å². The van der Waals surface area contributed by atoms with Crippen LogP contribution in [0.25, 0.3) is 4.83 Å². The number of amides is 1. The van der Waals surface area contributed by atoms with Crippen LogP contribution in [0.15, 0.2) is 36.8 Å². The Morgan fingerprint density at radius 3 is 2.60 bits per heavy atom. The second-order valence-electron chi connectivity index (χ2n) is 7.22. The summed E-state index contributed by atoms with van der Waals surface area (Å²) in [7, 11) is 0. The van der Waals surface area contributed by atoms with E-state index in [9.17, 15) is 9.90 Å². The Bertz CT molecular complexity index is 888. The van der Waals surface area contributed by atoms with Gasteiger partial charge in [-0.3, -0.25) is 9.20 Å². The number of hydrogen-bond acceptors (Lipinski definition) is 4. The number of benzene rings is 1. The fourth-order valence-corrected chi connectivity index (χ4v) is 3.72. The molecule has 1 aromatic carbocycles. The summed E-state index contributed by atoms with van der Waals surface area (Å²) in [6.45, 7) is 8.53. The number of nitrogens with zero attached hydrogens (tertiary/aromatic N) is 2. The van der Waals surface area contributed by atoms with Gasteiger partial charge in [-0.1, -0.05) is 45.0 Å². The summed E-state index contributed by atoms with van der Waals surface area (Å²) >= 11 is 1.40. The second-order valence-corrected chi connectivity index (χ2v) is 8.25. The molecule has 1 unspecified atom stereocenters. The van der Waals surface area contributed by atoms with Crippen LogP contribution >= 0.6 is 11.3 Å². The first-order chi connectivity index (χ1) is 11.8. The number of aryl methyl sites for hydroxylation is 1. The topological polar surface area (TPSA) is 66.6 Å². The van der Waals surface area contributed by atoms with Crippen LogP contribution in [-0.4, -0.2) is 26.9 Å². The van der Waals surface area contributed by atoms with Gasteiger partial charge in [-0.25, -0.2) is 4.98 Å². The molecule has 2 N–H and O–H groups in total. The monoisotopic (exact) mass is 357 g/mol. The smallest absolute Gasteiger partial charge is 0.263 e. The molecule has 0 aliphatic carbocycles. The predicted molar refractivity (Wildman–Crippen MR) is 100 cm³/mol. The minimum absolute atomic E-state index is 0.0762. The Labute approximate surface area is 151 Å². The number of imidazole rings is 1. The maximum absolute atomic E-state index is 12.4. The van der Waals surface area contributed by atoms with E-state index < -0.39 is 6.10 Å². The Morgan fingerprint density at radius 2 is 2.00 bits per heavy atom. The summed E-state index contributed by atoms with van der Waals surface area (Å²) in [5.74, 6) is -0.170. The summed E-state index contributed by atoms with van der Waals surface area (Å²) in [6.07, 6.45) is 2.70. The largest absolute Gasteiger partial charge is 0.387 e. The molecule has 3 rings (SSSR count). The second kappa shape index (κ2) is 6.61. The zero-order valence-electron chi connectivity index (χ0n) is 14.9. The van der Waals surface area contributed by atoms with Gasteiger partial charge in [0.15, 0.2) is 0 Å². The number of aliphatic hydroxyl groups excluding tert-OH is 1. The van der Waals surface area contributed by atoms with Crippen molar-refractivity contribution in [1.29, 1.82) is 0 Å². The summed E-state index contributed by atoms with van der Waals surface area (Å²) in [5, 5.41) is 13.2. The molecule has 0 spiro atoms. The molecule has 0 saturated carbocycles. The van der Waals surface area contributed by atoms with Gasteiger partial charge in [-0.15, -0.1) is 11.3 Å². The minimum Gasteiger partial charge on any atom is -0.387 e. The van der Waals surface area contributed by atoms with Crippen LogP contribution in [0.4, 0.5) is 0 Å². The van der Waals surface area contributed by atoms with E-state index in [2.05, 4.69) is 31.1 Å². The van der Waals surface area contributed by atoms with Gasteiger partial charge < -0.3 is 10.4 Å². The van der Waals surface area contributed by atoms with Crippen molar-refractivity contribution in [3.8, 4) is 0 Å². The third-order valence-electron chi connectivity index (χ3n) is 4.32. The van der Waals surface area contributed by atoms with Crippen molar-refractivity contribution in [2.75, 3.05) is 6.54 Å². The van der Waals surface area contributed by atoms with E-state index in [1.54, 1.807) is 12.5 Å². The molecule has 2 heterocycles. The van der Waals surface area contributed by atoms with E-state index in [4.69, 9.17) is 0 Å². The lowest BCUT2D eigenvalue weighted by Crippen LogP contribution is -2.28. The molecule has 5 nitrogen and oxygen atoms in total. The Hall–Kier alpha value is -2.18. The average Bonchev–Trinajstić information content (AvgIpc) is 3.15. The summed E-state index contributed by atoms with van der Waals surface area (Å²) in [4.78, 5) is 18.0. The number of carbonyl (C=O) groups excluding carboxylic acids is 1. The minimum atomic E-state index is -0.731. The molecule has 132 valence electrons. The molecular weight excluding hydrogens is 334 g/mol. The van der Waals surface area contributed by atoms with Crippen LogP contribution in [0.5, 0.6) is 0 Å². The SMILES string of the molecule is Cc1c(C(=O)NCC(O)c2ccc(C(C)(C)C)cc2)sc2cncn12. The number of aromatic nitrogens is 2. The number of rotatable bonds is 4. The fourth-order valence-electron chi connectivity index (χ4n) is 2.70.